The Labute approximate surface area is 131 Å². The Bertz CT molecular complexity index is 547. The summed E-state index contributed by atoms with van der Waals surface area (Å²) in [5.74, 6) is -0.113. The van der Waals surface area contributed by atoms with E-state index in [0.29, 0.717) is 19.0 Å². The van der Waals surface area contributed by atoms with Crippen molar-refractivity contribution in [3.05, 3.63) is 29.8 Å². The van der Waals surface area contributed by atoms with Gasteiger partial charge in [0.15, 0.2) is 0 Å². The van der Waals surface area contributed by atoms with Crippen molar-refractivity contribution in [1.29, 1.82) is 0 Å². The highest BCUT2D eigenvalue weighted by atomic mass is 16.2. The number of aryl methyl sites for hydroxylation is 1. The van der Waals surface area contributed by atoms with Crippen molar-refractivity contribution in [2.45, 2.75) is 51.5 Å². The van der Waals surface area contributed by atoms with Crippen LogP contribution in [-0.2, 0) is 9.59 Å². The minimum Gasteiger partial charge on any atom is -0.353 e. The first kappa shape index (κ1) is 15.1. The van der Waals surface area contributed by atoms with Crippen LogP contribution in [0, 0.1) is 12.8 Å². The molecule has 1 saturated carbocycles. The molecular weight excluding hydrogens is 276 g/mol. The van der Waals surface area contributed by atoms with E-state index in [2.05, 4.69) is 5.32 Å². The van der Waals surface area contributed by atoms with Gasteiger partial charge in [-0.15, -0.1) is 0 Å². The van der Waals surface area contributed by atoms with Gasteiger partial charge in [-0.1, -0.05) is 37.0 Å². The van der Waals surface area contributed by atoms with Gasteiger partial charge in [0, 0.05) is 24.7 Å². The molecule has 2 amide bonds. The van der Waals surface area contributed by atoms with Crippen molar-refractivity contribution in [3.8, 4) is 0 Å². The molecule has 1 aliphatic heterocycles. The third-order valence-corrected chi connectivity index (χ3v) is 4.79. The van der Waals surface area contributed by atoms with Crippen LogP contribution < -0.4 is 10.2 Å². The Hall–Kier alpha value is -1.84. The lowest BCUT2D eigenvalue weighted by molar-refractivity contribution is -0.127. The summed E-state index contributed by atoms with van der Waals surface area (Å²) in [7, 11) is 0. The van der Waals surface area contributed by atoms with Gasteiger partial charge in [-0.05, 0) is 31.9 Å². The molecule has 2 fully saturated rings. The van der Waals surface area contributed by atoms with Gasteiger partial charge < -0.3 is 10.2 Å². The molecule has 0 spiro atoms. The lowest BCUT2D eigenvalue weighted by atomic mass is 9.95. The number of amides is 2. The zero-order chi connectivity index (χ0) is 15.5. The van der Waals surface area contributed by atoms with Crippen LogP contribution in [0.15, 0.2) is 24.3 Å². The smallest absolute Gasteiger partial charge is 0.227 e. The molecule has 1 heterocycles. The summed E-state index contributed by atoms with van der Waals surface area (Å²) in [5.41, 5.74) is 2.06. The van der Waals surface area contributed by atoms with E-state index in [0.717, 1.165) is 18.5 Å². The summed E-state index contributed by atoms with van der Waals surface area (Å²) in [4.78, 5) is 26.4. The quantitative estimate of drug-likeness (QED) is 0.933. The number of carbonyl (C=O) groups is 2. The van der Waals surface area contributed by atoms with Gasteiger partial charge >= 0.3 is 0 Å². The van der Waals surface area contributed by atoms with E-state index in [1.54, 1.807) is 4.90 Å². The Morgan fingerprint density at radius 3 is 2.50 bits per heavy atom. The molecule has 1 atom stereocenters. The first-order valence-electron chi connectivity index (χ1n) is 8.31. The predicted octanol–water partition coefficient (Wildman–Crippen LogP) is 2.80. The van der Waals surface area contributed by atoms with E-state index in [4.69, 9.17) is 0 Å². The van der Waals surface area contributed by atoms with E-state index in [9.17, 15) is 9.59 Å². The Morgan fingerprint density at radius 1 is 1.14 bits per heavy atom. The van der Waals surface area contributed by atoms with E-state index in [1.807, 2.05) is 31.2 Å². The summed E-state index contributed by atoms with van der Waals surface area (Å²) in [6.45, 7) is 2.52. The molecular formula is C18H24N2O2. The molecule has 1 aromatic rings. The standard InChI is InChI=1S/C18H24N2O2/c1-13-7-9-16(10-8-13)20-12-14(11-17(20)21)18(22)19-15-5-3-2-4-6-15/h7-10,14-15H,2-6,11-12H2,1H3,(H,19,22)/t14-/m1/s1. The zero-order valence-corrected chi connectivity index (χ0v) is 13.2. The molecule has 1 aromatic carbocycles. The number of carbonyl (C=O) groups excluding carboxylic acids is 2. The molecule has 2 aliphatic rings. The topological polar surface area (TPSA) is 49.4 Å². The maximum absolute atomic E-state index is 12.4. The molecule has 1 aliphatic carbocycles. The number of rotatable bonds is 3. The van der Waals surface area contributed by atoms with Gasteiger partial charge in [0.1, 0.15) is 0 Å². The largest absolute Gasteiger partial charge is 0.353 e. The number of nitrogens with zero attached hydrogens (tertiary/aromatic N) is 1. The molecule has 22 heavy (non-hydrogen) atoms. The van der Waals surface area contributed by atoms with Crippen LogP contribution in [-0.4, -0.2) is 24.4 Å². The summed E-state index contributed by atoms with van der Waals surface area (Å²) < 4.78 is 0. The molecule has 0 radical (unpaired) electrons. The highest BCUT2D eigenvalue weighted by molar-refractivity contribution is 6.00. The van der Waals surface area contributed by atoms with Gasteiger partial charge in [-0.3, -0.25) is 9.59 Å². The second kappa shape index (κ2) is 6.51. The van der Waals surface area contributed by atoms with Crippen molar-refractivity contribution in [2.24, 2.45) is 5.92 Å². The Morgan fingerprint density at radius 2 is 1.82 bits per heavy atom. The first-order valence-corrected chi connectivity index (χ1v) is 8.31. The predicted molar refractivity (Wildman–Crippen MR) is 86.7 cm³/mol. The van der Waals surface area contributed by atoms with Crippen LogP contribution in [0.4, 0.5) is 5.69 Å². The minimum atomic E-state index is -0.212. The third-order valence-electron chi connectivity index (χ3n) is 4.79. The van der Waals surface area contributed by atoms with Crippen LogP contribution in [0.3, 0.4) is 0 Å². The molecule has 0 aromatic heterocycles. The average Bonchev–Trinajstić information content (AvgIpc) is 2.91. The lowest BCUT2D eigenvalue weighted by Gasteiger charge is -2.24. The number of hydrogen-bond acceptors (Lipinski definition) is 2. The molecule has 4 heteroatoms. The van der Waals surface area contributed by atoms with Gasteiger partial charge in [0.25, 0.3) is 0 Å². The average molecular weight is 300 g/mol. The number of benzene rings is 1. The fourth-order valence-corrected chi connectivity index (χ4v) is 3.42. The molecule has 118 valence electrons. The van der Waals surface area contributed by atoms with E-state index in [-0.39, 0.29) is 17.7 Å². The van der Waals surface area contributed by atoms with Crippen molar-refractivity contribution in [2.75, 3.05) is 11.4 Å². The maximum atomic E-state index is 12.4. The van der Waals surface area contributed by atoms with Crippen molar-refractivity contribution < 1.29 is 9.59 Å². The Balaban J connectivity index is 1.61. The fourth-order valence-electron chi connectivity index (χ4n) is 3.42. The van der Waals surface area contributed by atoms with Crippen molar-refractivity contribution in [1.82, 2.24) is 5.32 Å². The van der Waals surface area contributed by atoms with E-state index < -0.39 is 0 Å². The minimum absolute atomic E-state index is 0.0487. The highest BCUT2D eigenvalue weighted by Crippen LogP contribution is 2.26. The number of hydrogen-bond donors (Lipinski definition) is 1. The van der Waals surface area contributed by atoms with Crippen LogP contribution in [0.5, 0.6) is 0 Å². The highest BCUT2D eigenvalue weighted by Gasteiger charge is 2.35. The molecule has 4 nitrogen and oxygen atoms in total. The van der Waals surface area contributed by atoms with E-state index in [1.165, 1.54) is 24.8 Å². The third kappa shape index (κ3) is 3.32. The van der Waals surface area contributed by atoms with E-state index >= 15 is 0 Å². The fraction of sp³-hybridized carbons (Fsp3) is 0.556. The summed E-state index contributed by atoms with van der Waals surface area (Å²) in [6, 6.07) is 8.21. The SMILES string of the molecule is Cc1ccc(N2C[C@H](C(=O)NC3CCCCC3)CC2=O)cc1. The van der Waals surface area contributed by atoms with Crippen LogP contribution in [0.1, 0.15) is 44.1 Å². The number of nitrogens with one attached hydrogen (secondary N) is 1. The second-order valence-electron chi connectivity index (χ2n) is 6.58. The maximum Gasteiger partial charge on any atom is 0.227 e. The molecule has 0 bridgehead atoms. The second-order valence-corrected chi connectivity index (χ2v) is 6.58. The first-order chi connectivity index (χ1) is 10.6. The molecule has 3 rings (SSSR count). The van der Waals surface area contributed by atoms with Crippen LogP contribution >= 0.6 is 0 Å². The van der Waals surface area contributed by atoms with Gasteiger partial charge in [0.2, 0.25) is 11.8 Å². The van der Waals surface area contributed by atoms with Crippen molar-refractivity contribution >= 4 is 17.5 Å². The Kier molecular flexibility index (Phi) is 4.46. The molecule has 1 N–H and O–H groups in total. The van der Waals surface area contributed by atoms with Crippen LogP contribution in [0.2, 0.25) is 0 Å². The zero-order valence-electron chi connectivity index (χ0n) is 13.2. The van der Waals surface area contributed by atoms with Gasteiger partial charge in [0.05, 0.1) is 5.92 Å². The summed E-state index contributed by atoms with van der Waals surface area (Å²) in [5, 5.41) is 3.14. The van der Waals surface area contributed by atoms with Crippen LogP contribution in [0.25, 0.3) is 0 Å². The monoisotopic (exact) mass is 300 g/mol. The van der Waals surface area contributed by atoms with Crippen molar-refractivity contribution in [3.63, 3.8) is 0 Å². The normalized spacial score (nSPS) is 22.9. The van der Waals surface area contributed by atoms with Gasteiger partial charge in [-0.25, -0.2) is 0 Å². The lowest BCUT2D eigenvalue weighted by Crippen LogP contribution is -2.40. The van der Waals surface area contributed by atoms with Gasteiger partial charge in [-0.2, -0.15) is 0 Å². The molecule has 1 saturated heterocycles. The summed E-state index contributed by atoms with van der Waals surface area (Å²) >= 11 is 0. The molecule has 0 unspecified atom stereocenters. The summed E-state index contributed by atoms with van der Waals surface area (Å²) in [6.07, 6.45) is 6.15. The number of anilines is 1.